The molecule has 2 nitrogen and oxygen atoms in total. The molecule has 0 spiro atoms. The van der Waals surface area contributed by atoms with Gasteiger partial charge in [0.05, 0.1) is 0 Å². The Morgan fingerprint density at radius 1 is 0.655 bits per heavy atom. The first-order chi connectivity index (χ1) is 14.3. The van der Waals surface area contributed by atoms with Gasteiger partial charge in [0.25, 0.3) is 0 Å². The molecule has 0 atom stereocenters. The Kier molecular flexibility index (Phi) is 11.3. The standard InChI is InChI=1S/C27H40O2/c1-3-5-7-9-10-11-16-20-25-23(17-13-8-6-4-2)21-22-26(28)27(25)29-24-18-14-12-15-19-24/h12,14-15,18-19,21-22,28H,3-11,13,16-17,20H2,1-2H3. The third-order valence-electron chi connectivity index (χ3n) is 5.63. The third-order valence-corrected chi connectivity index (χ3v) is 5.63. The van der Waals surface area contributed by atoms with Crippen LogP contribution in [0.4, 0.5) is 0 Å². The van der Waals surface area contributed by atoms with E-state index in [0.29, 0.717) is 5.75 Å². The summed E-state index contributed by atoms with van der Waals surface area (Å²) in [4.78, 5) is 0. The van der Waals surface area contributed by atoms with Crippen LogP contribution >= 0.6 is 0 Å². The number of rotatable bonds is 15. The lowest BCUT2D eigenvalue weighted by Gasteiger charge is -2.17. The Labute approximate surface area is 178 Å². The van der Waals surface area contributed by atoms with Crippen LogP contribution in [0.2, 0.25) is 0 Å². The van der Waals surface area contributed by atoms with E-state index >= 15 is 0 Å². The molecular weight excluding hydrogens is 356 g/mol. The molecule has 160 valence electrons. The van der Waals surface area contributed by atoms with Gasteiger partial charge < -0.3 is 9.84 Å². The zero-order chi connectivity index (χ0) is 20.7. The molecule has 0 saturated carbocycles. The van der Waals surface area contributed by atoms with Crippen molar-refractivity contribution in [3.05, 3.63) is 53.6 Å². The van der Waals surface area contributed by atoms with E-state index in [1.165, 1.54) is 75.3 Å². The van der Waals surface area contributed by atoms with Crippen molar-refractivity contribution < 1.29 is 9.84 Å². The highest BCUT2D eigenvalue weighted by Gasteiger charge is 2.15. The fourth-order valence-corrected chi connectivity index (χ4v) is 3.89. The highest BCUT2D eigenvalue weighted by Crippen LogP contribution is 2.38. The molecule has 1 N–H and O–H groups in total. The van der Waals surface area contributed by atoms with Gasteiger partial charge in [0.1, 0.15) is 5.75 Å². The molecule has 29 heavy (non-hydrogen) atoms. The Morgan fingerprint density at radius 2 is 1.24 bits per heavy atom. The van der Waals surface area contributed by atoms with Gasteiger partial charge in [-0.3, -0.25) is 0 Å². The Morgan fingerprint density at radius 3 is 1.93 bits per heavy atom. The summed E-state index contributed by atoms with van der Waals surface area (Å²) in [7, 11) is 0. The van der Waals surface area contributed by atoms with Gasteiger partial charge >= 0.3 is 0 Å². The fourth-order valence-electron chi connectivity index (χ4n) is 3.89. The summed E-state index contributed by atoms with van der Waals surface area (Å²) >= 11 is 0. The monoisotopic (exact) mass is 396 g/mol. The van der Waals surface area contributed by atoms with Crippen LogP contribution < -0.4 is 4.74 Å². The van der Waals surface area contributed by atoms with E-state index in [2.05, 4.69) is 19.9 Å². The molecule has 0 aliphatic rings. The van der Waals surface area contributed by atoms with Gasteiger partial charge in [-0.25, -0.2) is 0 Å². The topological polar surface area (TPSA) is 29.5 Å². The molecule has 0 aliphatic heterocycles. The number of unbranched alkanes of at least 4 members (excludes halogenated alkanes) is 9. The number of phenolic OH excluding ortho intramolecular Hbond substituents is 1. The van der Waals surface area contributed by atoms with Crippen molar-refractivity contribution >= 4 is 0 Å². The van der Waals surface area contributed by atoms with Crippen LogP contribution in [0.15, 0.2) is 42.5 Å². The van der Waals surface area contributed by atoms with Gasteiger partial charge in [-0.05, 0) is 49.4 Å². The first-order valence-electron chi connectivity index (χ1n) is 11.8. The van der Waals surface area contributed by atoms with Crippen LogP contribution in [0.5, 0.6) is 17.2 Å². The maximum Gasteiger partial charge on any atom is 0.172 e. The number of aromatic hydroxyl groups is 1. The minimum atomic E-state index is 0.254. The number of benzene rings is 2. The number of phenols is 1. The van der Waals surface area contributed by atoms with Crippen LogP contribution in [-0.2, 0) is 12.8 Å². The number of para-hydroxylation sites is 1. The van der Waals surface area contributed by atoms with Gasteiger partial charge in [-0.2, -0.15) is 0 Å². The molecule has 0 bridgehead atoms. The molecule has 0 unspecified atom stereocenters. The fraction of sp³-hybridized carbons (Fsp3) is 0.556. The first kappa shape index (κ1) is 23.3. The van der Waals surface area contributed by atoms with Crippen molar-refractivity contribution in [2.45, 2.75) is 97.3 Å². The molecule has 2 aromatic rings. The maximum absolute atomic E-state index is 10.6. The van der Waals surface area contributed by atoms with Crippen molar-refractivity contribution in [1.29, 1.82) is 0 Å². The van der Waals surface area contributed by atoms with Crippen molar-refractivity contribution in [2.24, 2.45) is 0 Å². The molecule has 0 aromatic heterocycles. The summed E-state index contributed by atoms with van der Waals surface area (Å²) in [5.41, 5.74) is 2.55. The van der Waals surface area contributed by atoms with Crippen LogP contribution in [0.25, 0.3) is 0 Å². The lowest BCUT2D eigenvalue weighted by molar-refractivity contribution is 0.405. The van der Waals surface area contributed by atoms with Gasteiger partial charge in [-0.1, -0.05) is 95.9 Å². The quantitative estimate of drug-likeness (QED) is 0.305. The van der Waals surface area contributed by atoms with E-state index in [9.17, 15) is 5.11 Å². The average molecular weight is 397 g/mol. The number of hydrogen-bond donors (Lipinski definition) is 1. The summed E-state index contributed by atoms with van der Waals surface area (Å²) in [5, 5.41) is 10.6. The second kappa shape index (κ2) is 14.1. The number of aryl methyl sites for hydroxylation is 1. The summed E-state index contributed by atoms with van der Waals surface area (Å²) in [6.07, 6.45) is 16.1. The van der Waals surface area contributed by atoms with Crippen LogP contribution in [0.1, 0.15) is 95.6 Å². The van der Waals surface area contributed by atoms with Crippen molar-refractivity contribution in [1.82, 2.24) is 0 Å². The number of hydrogen-bond acceptors (Lipinski definition) is 2. The van der Waals surface area contributed by atoms with Crippen molar-refractivity contribution in [3.8, 4) is 17.2 Å². The normalized spacial score (nSPS) is 11.0. The largest absolute Gasteiger partial charge is 0.504 e. The average Bonchev–Trinajstić information content (AvgIpc) is 2.74. The van der Waals surface area contributed by atoms with Crippen molar-refractivity contribution in [2.75, 3.05) is 0 Å². The second-order valence-corrected chi connectivity index (χ2v) is 8.15. The maximum atomic E-state index is 10.6. The third kappa shape index (κ3) is 8.51. The number of ether oxygens (including phenoxy) is 1. The molecule has 0 amide bonds. The van der Waals surface area contributed by atoms with Crippen LogP contribution in [0, 0.1) is 0 Å². The lowest BCUT2D eigenvalue weighted by atomic mass is 9.95. The van der Waals surface area contributed by atoms with Gasteiger partial charge in [0.2, 0.25) is 0 Å². The molecule has 0 heterocycles. The zero-order valence-electron chi connectivity index (χ0n) is 18.6. The minimum Gasteiger partial charge on any atom is -0.504 e. The highest BCUT2D eigenvalue weighted by atomic mass is 16.5. The molecule has 2 rings (SSSR count). The molecule has 2 heteroatoms. The van der Waals surface area contributed by atoms with E-state index in [4.69, 9.17) is 4.74 Å². The van der Waals surface area contributed by atoms with Gasteiger partial charge in [0, 0.05) is 5.56 Å². The molecule has 2 aromatic carbocycles. The smallest absolute Gasteiger partial charge is 0.172 e. The summed E-state index contributed by atoms with van der Waals surface area (Å²) in [5.74, 6) is 1.70. The van der Waals surface area contributed by atoms with E-state index in [1.54, 1.807) is 0 Å². The Bertz CT molecular complexity index is 678. The van der Waals surface area contributed by atoms with Crippen LogP contribution in [0.3, 0.4) is 0 Å². The summed E-state index contributed by atoms with van der Waals surface area (Å²) in [6.45, 7) is 4.51. The predicted octanol–water partition coefficient (Wildman–Crippen LogP) is 8.60. The zero-order valence-corrected chi connectivity index (χ0v) is 18.6. The molecule has 0 fully saturated rings. The first-order valence-corrected chi connectivity index (χ1v) is 11.8. The molecule has 0 saturated heterocycles. The SMILES string of the molecule is CCCCCCCCCc1c(CCCCCC)ccc(O)c1Oc1ccccc1. The molecule has 0 radical (unpaired) electrons. The van der Waals surface area contributed by atoms with E-state index in [-0.39, 0.29) is 5.75 Å². The minimum absolute atomic E-state index is 0.254. The van der Waals surface area contributed by atoms with Crippen LogP contribution in [-0.4, -0.2) is 5.11 Å². The van der Waals surface area contributed by atoms with E-state index in [0.717, 1.165) is 25.0 Å². The highest BCUT2D eigenvalue weighted by molar-refractivity contribution is 5.52. The molecular formula is C27H40O2. The summed E-state index contributed by atoms with van der Waals surface area (Å²) in [6, 6.07) is 13.7. The Balaban J connectivity index is 2.07. The lowest BCUT2D eigenvalue weighted by Crippen LogP contribution is -2.00. The van der Waals surface area contributed by atoms with Crippen molar-refractivity contribution in [3.63, 3.8) is 0 Å². The van der Waals surface area contributed by atoms with E-state index in [1.807, 2.05) is 36.4 Å². The van der Waals surface area contributed by atoms with Gasteiger partial charge in [-0.15, -0.1) is 0 Å². The Hall–Kier alpha value is -1.96. The van der Waals surface area contributed by atoms with Gasteiger partial charge in [0.15, 0.2) is 11.5 Å². The second-order valence-electron chi connectivity index (χ2n) is 8.15. The molecule has 0 aliphatic carbocycles. The summed E-state index contributed by atoms with van der Waals surface area (Å²) < 4.78 is 6.17. The predicted molar refractivity (Wildman–Crippen MR) is 124 cm³/mol. The van der Waals surface area contributed by atoms with E-state index < -0.39 is 0 Å².